The van der Waals surface area contributed by atoms with Crippen LogP contribution in [0.1, 0.15) is 36.0 Å². The smallest absolute Gasteiger partial charge is 0.248 e. The number of nitrogens with two attached hydrogens (primary N) is 1. The Labute approximate surface area is 103 Å². The molecule has 2 saturated heterocycles. The van der Waals surface area contributed by atoms with Crippen molar-refractivity contribution in [1.29, 1.82) is 0 Å². The van der Waals surface area contributed by atoms with Crippen LogP contribution in [-0.4, -0.2) is 29.9 Å². The lowest BCUT2D eigenvalue weighted by molar-refractivity contribution is 0.100. The lowest BCUT2D eigenvalue weighted by Gasteiger charge is -2.11. The van der Waals surface area contributed by atoms with E-state index in [-0.39, 0.29) is 5.91 Å². The van der Waals surface area contributed by atoms with Gasteiger partial charge in [-0.25, -0.2) is 0 Å². The second kappa shape index (κ2) is 5.82. The molecule has 2 aliphatic heterocycles. The number of rotatable bonds is 1. The van der Waals surface area contributed by atoms with E-state index in [1.807, 2.05) is 6.07 Å². The number of hydrogen-bond donors (Lipinski definition) is 1. The lowest BCUT2D eigenvalue weighted by atomic mass is 10.2. The molecule has 0 atom stereocenters. The zero-order chi connectivity index (χ0) is 12.1. The minimum atomic E-state index is -0.379. The molecular weight excluding hydrogens is 212 g/mol. The van der Waals surface area contributed by atoms with Gasteiger partial charge in [-0.15, -0.1) is 0 Å². The van der Waals surface area contributed by atoms with E-state index < -0.39 is 0 Å². The van der Waals surface area contributed by atoms with Gasteiger partial charge in [-0.2, -0.15) is 0 Å². The molecule has 3 heteroatoms. The maximum Gasteiger partial charge on any atom is 0.248 e. The molecule has 1 aromatic carbocycles. The minimum Gasteiger partial charge on any atom is -0.366 e. The summed E-state index contributed by atoms with van der Waals surface area (Å²) >= 11 is 0. The topological polar surface area (TPSA) is 46.3 Å². The first-order valence-corrected chi connectivity index (χ1v) is 6.36. The molecule has 0 aliphatic carbocycles. The molecule has 1 aromatic rings. The highest BCUT2D eigenvalue weighted by Crippen LogP contribution is 2.26. The summed E-state index contributed by atoms with van der Waals surface area (Å²) in [6.45, 7) is 2.79. The van der Waals surface area contributed by atoms with Crippen LogP contribution in [0.15, 0.2) is 30.3 Å². The third kappa shape index (κ3) is 3.30. The van der Waals surface area contributed by atoms with Crippen LogP contribution in [0.2, 0.25) is 0 Å². The van der Waals surface area contributed by atoms with Gasteiger partial charge in [0.2, 0.25) is 5.91 Å². The van der Waals surface area contributed by atoms with Gasteiger partial charge in [0, 0.05) is 11.6 Å². The number of amides is 1. The monoisotopic (exact) mass is 232 g/mol. The van der Waals surface area contributed by atoms with Crippen molar-refractivity contribution in [3.8, 4) is 0 Å². The van der Waals surface area contributed by atoms with Gasteiger partial charge in [0.25, 0.3) is 0 Å². The molecule has 0 aromatic heterocycles. The van der Waals surface area contributed by atoms with Crippen LogP contribution in [0.5, 0.6) is 0 Å². The SMILES string of the molecule is C1CC2CCCN2C1.NC(=O)c1ccccc1. The van der Waals surface area contributed by atoms with Gasteiger partial charge in [-0.1, -0.05) is 18.2 Å². The van der Waals surface area contributed by atoms with Crippen molar-refractivity contribution in [2.24, 2.45) is 5.73 Å². The summed E-state index contributed by atoms with van der Waals surface area (Å²) in [5.74, 6) is -0.379. The quantitative estimate of drug-likeness (QED) is 0.805. The molecule has 2 heterocycles. The van der Waals surface area contributed by atoms with E-state index in [0.717, 1.165) is 6.04 Å². The van der Waals surface area contributed by atoms with Crippen LogP contribution in [0, 0.1) is 0 Å². The fraction of sp³-hybridized carbons (Fsp3) is 0.500. The largest absolute Gasteiger partial charge is 0.366 e. The highest BCUT2D eigenvalue weighted by molar-refractivity contribution is 5.92. The molecule has 2 fully saturated rings. The summed E-state index contributed by atoms with van der Waals surface area (Å²) < 4.78 is 0. The Hall–Kier alpha value is -1.35. The normalized spacial score (nSPS) is 19.5. The average Bonchev–Trinajstić information content (AvgIpc) is 2.93. The lowest BCUT2D eigenvalue weighted by Crippen LogP contribution is -2.21. The van der Waals surface area contributed by atoms with Crippen molar-refractivity contribution >= 4 is 5.91 Å². The molecule has 2 N–H and O–H groups in total. The maximum atomic E-state index is 10.4. The first kappa shape index (κ1) is 12.1. The van der Waals surface area contributed by atoms with Gasteiger partial charge in [0.05, 0.1) is 0 Å². The van der Waals surface area contributed by atoms with Gasteiger partial charge >= 0.3 is 0 Å². The van der Waals surface area contributed by atoms with Crippen LogP contribution in [0.3, 0.4) is 0 Å². The summed E-state index contributed by atoms with van der Waals surface area (Å²) in [6.07, 6.45) is 5.90. The van der Waals surface area contributed by atoms with E-state index in [2.05, 4.69) is 4.90 Å². The van der Waals surface area contributed by atoms with Crippen LogP contribution in [-0.2, 0) is 0 Å². The Morgan fingerprint density at radius 2 is 1.71 bits per heavy atom. The van der Waals surface area contributed by atoms with E-state index in [4.69, 9.17) is 5.73 Å². The number of fused-ring (bicyclic) bond motifs is 1. The van der Waals surface area contributed by atoms with Crippen molar-refractivity contribution < 1.29 is 4.79 Å². The van der Waals surface area contributed by atoms with Gasteiger partial charge in [-0.3, -0.25) is 4.79 Å². The average molecular weight is 232 g/mol. The standard InChI is InChI=1S/C7H7NO.C7H13N/c8-7(9)6-4-2-1-3-5-6;1-3-7-4-2-6-8(7)5-1/h1-5H,(H2,8,9);7H,1-6H2. The fourth-order valence-electron chi connectivity index (χ4n) is 2.65. The molecule has 0 bridgehead atoms. The molecule has 17 heavy (non-hydrogen) atoms. The molecule has 0 unspecified atom stereocenters. The van der Waals surface area contributed by atoms with Gasteiger partial charge in [-0.05, 0) is 50.9 Å². The van der Waals surface area contributed by atoms with Crippen LogP contribution < -0.4 is 5.73 Å². The Bertz CT molecular complexity index is 344. The summed E-state index contributed by atoms with van der Waals surface area (Å²) in [4.78, 5) is 13.1. The number of carbonyl (C=O) groups excluding carboxylic acids is 1. The predicted octanol–water partition coefficient (Wildman–Crippen LogP) is 2.03. The Morgan fingerprint density at radius 1 is 1.12 bits per heavy atom. The molecule has 1 amide bonds. The molecule has 2 aliphatic rings. The molecule has 3 rings (SSSR count). The second-order valence-electron chi connectivity index (χ2n) is 4.70. The summed E-state index contributed by atoms with van der Waals surface area (Å²) in [5.41, 5.74) is 5.53. The van der Waals surface area contributed by atoms with E-state index in [0.29, 0.717) is 5.56 Å². The number of carbonyl (C=O) groups is 1. The first-order chi connectivity index (χ1) is 8.27. The molecule has 92 valence electrons. The zero-order valence-electron chi connectivity index (χ0n) is 10.1. The van der Waals surface area contributed by atoms with Crippen LogP contribution >= 0.6 is 0 Å². The van der Waals surface area contributed by atoms with Crippen molar-refractivity contribution in [2.75, 3.05) is 13.1 Å². The molecular formula is C14H20N2O. The molecule has 0 spiro atoms. The predicted molar refractivity (Wildman–Crippen MR) is 68.8 cm³/mol. The number of nitrogens with zero attached hydrogens (tertiary/aromatic N) is 1. The van der Waals surface area contributed by atoms with Crippen LogP contribution in [0.4, 0.5) is 0 Å². The maximum absolute atomic E-state index is 10.4. The molecule has 0 saturated carbocycles. The highest BCUT2D eigenvalue weighted by Gasteiger charge is 2.27. The second-order valence-corrected chi connectivity index (χ2v) is 4.70. The van der Waals surface area contributed by atoms with Crippen LogP contribution in [0.25, 0.3) is 0 Å². The third-order valence-electron chi connectivity index (χ3n) is 3.54. The van der Waals surface area contributed by atoms with Crippen molar-refractivity contribution in [1.82, 2.24) is 4.90 Å². The van der Waals surface area contributed by atoms with E-state index in [9.17, 15) is 4.79 Å². The highest BCUT2D eigenvalue weighted by atomic mass is 16.1. The Morgan fingerprint density at radius 3 is 2.12 bits per heavy atom. The van der Waals surface area contributed by atoms with Crippen molar-refractivity contribution in [3.63, 3.8) is 0 Å². The zero-order valence-corrected chi connectivity index (χ0v) is 10.1. The van der Waals surface area contributed by atoms with Gasteiger partial charge in [0.1, 0.15) is 0 Å². The summed E-state index contributed by atoms with van der Waals surface area (Å²) in [7, 11) is 0. The van der Waals surface area contributed by atoms with E-state index in [1.54, 1.807) is 24.3 Å². The van der Waals surface area contributed by atoms with E-state index in [1.165, 1.54) is 38.8 Å². The van der Waals surface area contributed by atoms with E-state index >= 15 is 0 Å². The third-order valence-corrected chi connectivity index (χ3v) is 3.54. The number of hydrogen-bond acceptors (Lipinski definition) is 2. The Balaban J connectivity index is 0.000000127. The summed E-state index contributed by atoms with van der Waals surface area (Å²) in [5, 5.41) is 0. The van der Waals surface area contributed by atoms with Crippen molar-refractivity contribution in [3.05, 3.63) is 35.9 Å². The number of primary amides is 1. The van der Waals surface area contributed by atoms with Gasteiger partial charge < -0.3 is 10.6 Å². The molecule has 0 radical (unpaired) electrons. The van der Waals surface area contributed by atoms with Crippen molar-refractivity contribution in [2.45, 2.75) is 31.7 Å². The first-order valence-electron chi connectivity index (χ1n) is 6.36. The fourth-order valence-corrected chi connectivity index (χ4v) is 2.65. The number of benzene rings is 1. The molecule has 3 nitrogen and oxygen atoms in total. The summed E-state index contributed by atoms with van der Waals surface area (Å²) in [6, 6.07) is 9.77. The Kier molecular flexibility index (Phi) is 4.15. The van der Waals surface area contributed by atoms with Gasteiger partial charge in [0.15, 0.2) is 0 Å². The minimum absolute atomic E-state index is 0.379.